The summed E-state index contributed by atoms with van der Waals surface area (Å²) in [5.41, 5.74) is 2.36. The van der Waals surface area contributed by atoms with Crippen molar-refractivity contribution in [1.82, 2.24) is 9.78 Å². The molecule has 0 fully saturated rings. The molecular formula is C15H18N4O3. The van der Waals surface area contributed by atoms with Crippen LogP contribution >= 0.6 is 0 Å². The van der Waals surface area contributed by atoms with Gasteiger partial charge in [-0.05, 0) is 31.0 Å². The molecule has 0 aliphatic heterocycles. The molecule has 0 aliphatic rings. The molecule has 1 aromatic heterocycles. The lowest BCUT2D eigenvalue weighted by molar-refractivity contribution is -0.385. The van der Waals surface area contributed by atoms with E-state index in [4.69, 9.17) is 0 Å². The summed E-state index contributed by atoms with van der Waals surface area (Å²) in [6, 6.07) is 7.66. The maximum absolute atomic E-state index is 11.9. The van der Waals surface area contributed by atoms with Crippen LogP contribution in [0.25, 0.3) is 0 Å². The van der Waals surface area contributed by atoms with Gasteiger partial charge in [0.25, 0.3) is 0 Å². The van der Waals surface area contributed by atoms with Gasteiger partial charge in [0, 0.05) is 12.1 Å². The number of nitrogens with one attached hydrogen (secondary N) is 1. The van der Waals surface area contributed by atoms with Gasteiger partial charge in [0.2, 0.25) is 5.91 Å². The molecule has 0 atom stereocenters. The number of carbonyl (C=O) groups excluding carboxylic acids is 1. The first-order valence-corrected chi connectivity index (χ1v) is 7.07. The van der Waals surface area contributed by atoms with Gasteiger partial charge in [0.1, 0.15) is 11.9 Å². The zero-order chi connectivity index (χ0) is 16.1. The summed E-state index contributed by atoms with van der Waals surface area (Å²) in [6.45, 7) is 3.99. The standard InChI is InChI=1S/C15H18N4O3/c1-3-12-4-6-13(7-5-12)17-15(20)8-9-18-11(2)14(10-16-18)19(21)22/h4-7,10H,3,8-9H2,1-2H3,(H,17,20). The quantitative estimate of drug-likeness (QED) is 0.656. The zero-order valence-electron chi connectivity index (χ0n) is 12.6. The van der Waals surface area contributed by atoms with E-state index < -0.39 is 4.92 Å². The van der Waals surface area contributed by atoms with Gasteiger partial charge < -0.3 is 5.32 Å². The number of benzene rings is 1. The summed E-state index contributed by atoms with van der Waals surface area (Å²) in [5.74, 6) is -0.151. The second kappa shape index (κ2) is 6.84. The molecule has 7 heteroatoms. The number of carbonyl (C=O) groups is 1. The lowest BCUT2D eigenvalue weighted by atomic mass is 10.1. The number of hydrogen-bond acceptors (Lipinski definition) is 4. The predicted octanol–water partition coefficient (Wildman–Crippen LogP) is 2.69. The summed E-state index contributed by atoms with van der Waals surface area (Å²) in [6.07, 6.45) is 2.36. The van der Waals surface area contributed by atoms with E-state index in [1.54, 1.807) is 6.92 Å². The second-order valence-electron chi connectivity index (χ2n) is 4.94. The van der Waals surface area contributed by atoms with E-state index in [0.717, 1.165) is 12.1 Å². The number of anilines is 1. The fourth-order valence-electron chi connectivity index (χ4n) is 2.10. The van der Waals surface area contributed by atoms with Crippen LogP contribution in [0.5, 0.6) is 0 Å². The van der Waals surface area contributed by atoms with Crippen molar-refractivity contribution in [2.45, 2.75) is 33.2 Å². The smallest absolute Gasteiger partial charge is 0.309 e. The van der Waals surface area contributed by atoms with E-state index >= 15 is 0 Å². The summed E-state index contributed by atoms with van der Waals surface area (Å²) in [4.78, 5) is 22.2. The molecular weight excluding hydrogens is 284 g/mol. The molecule has 0 aliphatic carbocycles. The maximum atomic E-state index is 11.9. The third-order valence-electron chi connectivity index (χ3n) is 3.47. The number of hydrogen-bond donors (Lipinski definition) is 1. The Labute approximate surface area is 128 Å². The fourth-order valence-corrected chi connectivity index (χ4v) is 2.10. The van der Waals surface area contributed by atoms with Gasteiger partial charge in [-0.15, -0.1) is 0 Å². The second-order valence-corrected chi connectivity index (χ2v) is 4.94. The van der Waals surface area contributed by atoms with Crippen LogP contribution in [0.15, 0.2) is 30.5 Å². The Morgan fingerprint density at radius 2 is 2.05 bits per heavy atom. The highest BCUT2D eigenvalue weighted by Crippen LogP contribution is 2.16. The van der Waals surface area contributed by atoms with Gasteiger partial charge in [-0.25, -0.2) is 0 Å². The summed E-state index contributed by atoms with van der Waals surface area (Å²) in [7, 11) is 0. The normalized spacial score (nSPS) is 10.5. The first-order valence-electron chi connectivity index (χ1n) is 7.07. The van der Waals surface area contributed by atoms with Crippen molar-refractivity contribution >= 4 is 17.3 Å². The summed E-state index contributed by atoms with van der Waals surface area (Å²) in [5, 5.41) is 17.5. The van der Waals surface area contributed by atoms with E-state index in [0.29, 0.717) is 12.2 Å². The van der Waals surface area contributed by atoms with Crippen molar-refractivity contribution in [3.63, 3.8) is 0 Å². The first kappa shape index (κ1) is 15.7. The molecule has 0 saturated carbocycles. The third-order valence-corrected chi connectivity index (χ3v) is 3.47. The monoisotopic (exact) mass is 302 g/mol. The van der Waals surface area contributed by atoms with Crippen LogP contribution in [0.3, 0.4) is 0 Å². The Morgan fingerprint density at radius 1 is 1.36 bits per heavy atom. The first-order chi connectivity index (χ1) is 10.5. The minimum Gasteiger partial charge on any atom is -0.326 e. The number of amides is 1. The molecule has 2 rings (SSSR count). The SMILES string of the molecule is CCc1ccc(NC(=O)CCn2ncc([N+](=O)[O-])c2C)cc1. The molecule has 1 N–H and O–H groups in total. The van der Waals surface area contributed by atoms with Crippen molar-refractivity contribution < 1.29 is 9.72 Å². The fraction of sp³-hybridized carbons (Fsp3) is 0.333. The highest BCUT2D eigenvalue weighted by molar-refractivity contribution is 5.90. The summed E-state index contributed by atoms with van der Waals surface area (Å²) >= 11 is 0. The Morgan fingerprint density at radius 3 is 2.59 bits per heavy atom. The van der Waals surface area contributed by atoms with Crippen molar-refractivity contribution in [3.05, 3.63) is 51.8 Å². The van der Waals surface area contributed by atoms with E-state index in [2.05, 4.69) is 17.3 Å². The van der Waals surface area contributed by atoms with Crippen LogP contribution in [0.2, 0.25) is 0 Å². The summed E-state index contributed by atoms with van der Waals surface area (Å²) < 4.78 is 1.47. The van der Waals surface area contributed by atoms with Crippen LogP contribution in [-0.4, -0.2) is 20.6 Å². The molecule has 22 heavy (non-hydrogen) atoms. The minimum absolute atomic E-state index is 0.0319. The number of nitrogens with zero attached hydrogens (tertiary/aromatic N) is 3. The molecule has 0 radical (unpaired) electrons. The van der Waals surface area contributed by atoms with Gasteiger partial charge in [0.05, 0.1) is 11.5 Å². The van der Waals surface area contributed by atoms with Crippen molar-refractivity contribution in [2.75, 3.05) is 5.32 Å². The maximum Gasteiger partial charge on any atom is 0.309 e. The lowest BCUT2D eigenvalue weighted by Gasteiger charge is -2.07. The van der Waals surface area contributed by atoms with E-state index in [1.807, 2.05) is 24.3 Å². The van der Waals surface area contributed by atoms with Crippen LogP contribution in [0, 0.1) is 17.0 Å². The van der Waals surface area contributed by atoms with Gasteiger partial charge >= 0.3 is 5.69 Å². The van der Waals surface area contributed by atoms with Crippen LogP contribution in [-0.2, 0) is 17.8 Å². The Hall–Kier alpha value is -2.70. The Balaban J connectivity index is 1.91. The van der Waals surface area contributed by atoms with Crippen LogP contribution in [0.1, 0.15) is 24.6 Å². The van der Waals surface area contributed by atoms with Gasteiger partial charge in [-0.1, -0.05) is 19.1 Å². The number of aromatic nitrogens is 2. The zero-order valence-corrected chi connectivity index (χ0v) is 12.6. The average Bonchev–Trinajstić information content (AvgIpc) is 2.87. The molecule has 1 amide bonds. The molecule has 7 nitrogen and oxygen atoms in total. The van der Waals surface area contributed by atoms with Gasteiger partial charge in [-0.2, -0.15) is 5.10 Å². The average molecular weight is 302 g/mol. The molecule has 2 aromatic rings. The van der Waals surface area contributed by atoms with E-state index in [9.17, 15) is 14.9 Å². The Kier molecular flexibility index (Phi) is 4.88. The van der Waals surface area contributed by atoms with E-state index in [-0.39, 0.29) is 18.0 Å². The van der Waals surface area contributed by atoms with Gasteiger partial charge in [-0.3, -0.25) is 19.6 Å². The highest BCUT2D eigenvalue weighted by atomic mass is 16.6. The lowest BCUT2D eigenvalue weighted by Crippen LogP contribution is -2.15. The molecule has 0 saturated heterocycles. The number of aryl methyl sites for hydroxylation is 2. The number of nitro groups is 1. The van der Waals surface area contributed by atoms with Crippen molar-refractivity contribution in [3.8, 4) is 0 Å². The molecule has 1 heterocycles. The van der Waals surface area contributed by atoms with E-state index in [1.165, 1.54) is 16.4 Å². The van der Waals surface area contributed by atoms with Gasteiger partial charge in [0.15, 0.2) is 0 Å². The largest absolute Gasteiger partial charge is 0.326 e. The molecule has 0 unspecified atom stereocenters. The van der Waals surface area contributed by atoms with Crippen LogP contribution in [0.4, 0.5) is 11.4 Å². The highest BCUT2D eigenvalue weighted by Gasteiger charge is 2.16. The molecule has 0 bridgehead atoms. The molecule has 1 aromatic carbocycles. The Bertz CT molecular complexity index is 677. The molecule has 116 valence electrons. The molecule has 0 spiro atoms. The minimum atomic E-state index is -0.478. The topological polar surface area (TPSA) is 90.1 Å². The van der Waals surface area contributed by atoms with Crippen molar-refractivity contribution in [2.24, 2.45) is 0 Å². The van der Waals surface area contributed by atoms with Crippen molar-refractivity contribution in [1.29, 1.82) is 0 Å². The predicted molar refractivity (Wildman–Crippen MR) is 82.7 cm³/mol. The third kappa shape index (κ3) is 3.69. The number of rotatable bonds is 6. The van der Waals surface area contributed by atoms with Crippen LogP contribution < -0.4 is 5.32 Å².